The van der Waals surface area contributed by atoms with Crippen LogP contribution in [0.3, 0.4) is 0 Å². The largest absolute Gasteiger partial charge is 0.336 e. The van der Waals surface area contributed by atoms with E-state index in [9.17, 15) is 4.79 Å². The molecule has 1 saturated heterocycles. The van der Waals surface area contributed by atoms with Gasteiger partial charge in [-0.15, -0.1) is 10.2 Å². The summed E-state index contributed by atoms with van der Waals surface area (Å²) in [6.45, 7) is 5.61. The zero-order valence-corrected chi connectivity index (χ0v) is 16.8. The van der Waals surface area contributed by atoms with Crippen LogP contribution in [-0.4, -0.2) is 56.1 Å². The molecular formula is C23H27N5O. The van der Waals surface area contributed by atoms with E-state index in [-0.39, 0.29) is 5.91 Å². The average Bonchev–Trinajstić information content (AvgIpc) is 3.30. The first-order chi connectivity index (χ1) is 14.2. The molecule has 3 aromatic rings. The van der Waals surface area contributed by atoms with Gasteiger partial charge < -0.3 is 4.90 Å². The Morgan fingerprint density at radius 1 is 1.00 bits per heavy atom. The third kappa shape index (κ3) is 4.54. The van der Waals surface area contributed by atoms with Crippen molar-refractivity contribution in [1.29, 1.82) is 0 Å². The molecule has 0 aliphatic carbocycles. The van der Waals surface area contributed by atoms with Crippen molar-refractivity contribution >= 4 is 5.91 Å². The zero-order chi connectivity index (χ0) is 20.1. The highest BCUT2D eigenvalue weighted by Crippen LogP contribution is 2.20. The van der Waals surface area contributed by atoms with Crippen molar-refractivity contribution < 1.29 is 4.79 Å². The van der Waals surface area contributed by atoms with E-state index >= 15 is 0 Å². The van der Waals surface area contributed by atoms with Crippen molar-refractivity contribution in [3.63, 3.8) is 0 Å². The number of carbonyl (C=O) groups excluding carboxylic acids is 1. The monoisotopic (exact) mass is 389 g/mol. The maximum absolute atomic E-state index is 13.1. The number of carbonyl (C=O) groups is 1. The molecule has 0 bridgehead atoms. The van der Waals surface area contributed by atoms with E-state index in [1.165, 1.54) is 5.56 Å². The molecule has 0 radical (unpaired) electrons. The van der Waals surface area contributed by atoms with E-state index in [4.69, 9.17) is 0 Å². The van der Waals surface area contributed by atoms with Gasteiger partial charge in [0, 0.05) is 43.5 Å². The lowest BCUT2D eigenvalue weighted by Gasteiger charge is -2.41. The van der Waals surface area contributed by atoms with Gasteiger partial charge in [0.25, 0.3) is 5.91 Å². The van der Waals surface area contributed by atoms with E-state index in [0.717, 1.165) is 50.3 Å². The molecular weight excluding hydrogens is 362 g/mol. The van der Waals surface area contributed by atoms with Crippen molar-refractivity contribution in [3.8, 4) is 5.69 Å². The highest BCUT2D eigenvalue weighted by Gasteiger charge is 2.29. The van der Waals surface area contributed by atoms with Gasteiger partial charge in [-0.25, -0.2) is 0 Å². The minimum absolute atomic E-state index is 0.112. The fourth-order valence-corrected chi connectivity index (χ4v) is 4.00. The Morgan fingerprint density at radius 3 is 2.41 bits per heavy atom. The molecule has 1 aromatic heterocycles. The second-order valence-electron chi connectivity index (χ2n) is 7.57. The SMILES string of the molecule is CCCC1CN(C(=O)c2ccc(-n3cnnc3)cc2)CCN1Cc1ccccc1. The topological polar surface area (TPSA) is 54.3 Å². The number of hydrogen-bond donors (Lipinski definition) is 0. The normalized spacial score (nSPS) is 17.4. The number of rotatable bonds is 6. The van der Waals surface area contributed by atoms with Crippen molar-refractivity contribution in [3.05, 3.63) is 78.4 Å². The molecule has 4 rings (SSSR count). The minimum Gasteiger partial charge on any atom is -0.336 e. The molecule has 6 nitrogen and oxygen atoms in total. The van der Waals surface area contributed by atoms with Crippen molar-refractivity contribution in [2.24, 2.45) is 0 Å². The lowest BCUT2D eigenvalue weighted by atomic mass is 10.0. The quantitative estimate of drug-likeness (QED) is 0.648. The number of aromatic nitrogens is 3. The van der Waals surface area contributed by atoms with E-state index < -0.39 is 0 Å². The van der Waals surface area contributed by atoms with Gasteiger partial charge in [0.2, 0.25) is 0 Å². The van der Waals surface area contributed by atoms with E-state index in [2.05, 4.69) is 52.4 Å². The van der Waals surface area contributed by atoms with E-state index in [1.807, 2.05) is 33.7 Å². The van der Waals surface area contributed by atoms with Crippen LogP contribution in [0.15, 0.2) is 67.3 Å². The van der Waals surface area contributed by atoms with Gasteiger partial charge in [-0.2, -0.15) is 0 Å². The van der Waals surface area contributed by atoms with Gasteiger partial charge in [-0.3, -0.25) is 14.3 Å². The predicted molar refractivity (Wildman–Crippen MR) is 113 cm³/mol. The van der Waals surface area contributed by atoms with Crippen LogP contribution in [0.25, 0.3) is 5.69 Å². The minimum atomic E-state index is 0.112. The van der Waals surface area contributed by atoms with Crippen LogP contribution in [0.2, 0.25) is 0 Å². The van der Waals surface area contributed by atoms with Crippen LogP contribution in [0.1, 0.15) is 35.7 Å². The second-order valence-corrected chi connectivity index (χ2v) is 7.57. The lowest BCUT2D eigenvalue weighted by molar-refractivity contribution is 0.0438. The Balaban J connectivity index is 1.43. The summed E-state index contributed by atoms with van der Waals surface area (Å²) in [6.07, 6.45) is 5.52. The summed E-state index contributed by atoms with van der Waals surface area (Å²) in [4.78, 5) is 17.6. The van der Waals surface area contributed by atoms with Gasteiger partial charge in [0.1, 0.15) is 12.7 Å². The fraction of sp³-hybridized carbons (Fsp3) is 0.348. The Bertz CT molecular complexity index is 908. The van der Waals surface area contributed by atoms with Gasteiger partial charge in [0.05, 0.1) is 0 Å². The third-order valence-electron chi connectivity index (χ3n) is 5.57. The first-order valence-corrected chi connectivity index (χ1v) is 10.3. The van der Waals surface area contributed by atoms with Crippen LogP contribution in [-0.2, 0) is 6.54 Å². The van der Waals surface area contributed by atoms with Gasteiger partial charge in [-0.05, 0) is 36.2 Å². The predicted octanol–water partition coefficient (Wildman–Crippen LogP) is 3.39. The standard InChI is InChI=1S/C23H27N5O/c1-2-6-22-16-27(14-13-26(22)15-19-7-4-3-5-8-19)23(29)20-9-11-21(12-10-20)28-17-24-25-18-28/h3-5,7-12,17-18,22H,2,6,13-16H2,1H3. The Morgan fingerprint density at radius 2 is 1.72 bits per heavy atom. The van der Waals surface area contributed by atoms with Crippen LogP contribution in [0, 0.1) is 0 Å². The molecule has 2 aromatic carbocycles. The van der Waals surface area contributed by atoms with Gasteiger partial charge in [0.15, 0.2) is 0 Å². The Kier molecular flexibility index (Phi) is 6.00. The molecule has 29 heavy (non-hydrogen) atoms. The highest BCUT2D eigenvalue weighted by molar-refractivity contribution is 5.94. The maximum atomic E-state index is 13.1. The summed E-state index contributed by atoms with van der Waals surface area (Å²) in [7, 11) is 0. The maximum Gasteiger partial charge on any atom is 0.253 e. The molecule has 0 N–H and O–H groups in total. The molecule has 150 valence electrons. The smallest absolute Gasteiger partial charge is 0.253 e. The lowest BCUT2D eigenvalue weighted by Crippen LogP contribution is -2.54. The third-order valence-corrected chi connectivity index (χ3v) is 5.57. The number of benzene rings is 2. The molecule has 0 spiro atoms. The number of amides is 1. The fourth-order valence-electron chi connectivity index (χ4n) is 4.00. The van der Waals surface area contributed by atoms with Crippen molar-refractivity contribution in [2.75, 3.05) is 19.6 Å². The van der Waals surface area contributed by atoms with Crippen molar-refractivity contribution in [1.82, 2.24) is 24.6 Å². The summed E-state index contributed by atoms with van der Waals surface area (Å²) in [5.74, 6) is 0.112. The molecule has 1 amide bonds. The van der Waals surface area contributed by atoms with Crippen LogP contribution < -0.4 is 0 Å². The van der Waals surface area contributed by atoms with Gasteiger partial charge in [-0.1, -0.05) is 43.7 Å². The molecule has 2 heterocycles. The molecule has 1 aliphatic heterocycles. The van der Waals surface area contributed by atoms with E-state index in [1.54, 1.807) is 12.7 Å². The Labute approximate surface area is 171 Å². The molecule has 1 atom stereocenters. The zero-order valence-electron chi connectivity index (χ0n) is 16.8. The molecule has 1 aliphatic rings. The van der Waals surface area contributed by atoms with Gasteiger partial charge >= 0.3 is 0 Å². The highest BCUT2D eigenvalue weighted by atomic mass is 16.2. The number of piperazine rings is 1. The summed E-state index contributed by atoms with van der Waals surface area (Å²) < 4.78 is 1.83. The van der Waals surface area contributed by atoms with Crippen LogP contribution in [0.4, 0.5) is 0 Å². The first-order valence-electron chi connectivity index (χ1n) is 10.3. The summed E-state index contributed by atoms with van der Waals surface area (Å²) in [5, 5.41) is 7.65. The average molecular weight is 390 g/mol. The summed E-state index contributed by atoms with van der Waals surface area (Å²) >= 11 is 0. The van der Waals surface area contributed by atoms with Crippen LogP contribution >= 0.6 is 0 Å². The first kappa shape index (κ1) is 19.3. The summed E-state index contributed by atoms with van der Waals surface area (Å²) in [5.41, 5.74) is 3.01. The second kappa shape index (κ2) is 9.01. The Hall–Kier alpha value is -2.99. The molecule has 6 heteroatoms. The molecule has 1 fully saturated rings. The summed E-state index contributed by atoms with van der Waals surface area (Å²) in [6, 6.07) is 18.6. The van der Waals surface area contributed by atoms with Crippen LogP contribution in [0.5, 0.6) is 0 Å². The van der Waals surface area contributed by atoms with E-state index in [0.29, 0.717) is 6.04 Å². The number of nitrogens with zero attached hydrogens (tertiary/aromatic N) is 5. The molecule has 1 unspecified atom stereocenters. The van der Waals surface area contributed by atoms with Crippen molar-refractivity contribution in [2.45, 2.75) is 32.4 Å². The number of hydrogen-bond acceptors (Lipinski definition) is 4. The molecule has 0 saturated carbocycles.